The van der Waals surface area contributed by atoms with Gasteiger partial charge in [0.2, 0.25) is 0 Å². The molecule has 0 aliphatic heterocycles. The Morgan fingerprint density at radius 1 is 1.27 bits per heavy atom. The van der Waals surface area contributed by atoms with Crippen LogP contribution in [0.2, 0.25) is 0 Å². The Balaban J connectivity index is 2.89. The number of nitrogens with zero attached hydrogens (tertiary/aromatic N) is 1. The molecule has 1 aromatic rings. The molecule has 0 aliphatic carbocycles. The molecule has 5 heteroatoms. The third-order valence-electron chi connectivity index (χ3n) is 3.51. The smallest absolute Gasteiger partial charge is 0.308 e. The van der Waals surface area contributed by atoms with Crippen molar-refractivity contribution >= 4 is 17.6 Å². The minimum absolute atomic E-state index is 0.0656. The summed E-state index contributed by atoms with van der Waals surface area (Å²) in [6.45, 7) is 3.80. The molecule has 0 heterocycles. The lowest BCUT2D eigenvalue weighted by molar-refractivity contribution is -0.140. The molecule has 0 fully saturated rings. The Hall–Kier alpha value is -1.88. The number of anilines is 1. The topological polar surface area (TPSA) is 66.8 Å². The van der Waals surface area contributed by atoms with Crippen molar-refractivity contribution in [1.82, 2.24) is 0 Å². The summed E-state index contributed by atoms with van der Waals surface area (Å²) < 4.78 is 4.89. The number of hydrogen-bond donors (Lipinski definition) is 1. The van der Waals surface area contributed by atoms with Crippen LogP contribution in [0.15, 0.2) is 24.3 Å². The Morgan fingerprint density at radius 2 is 1.91 bits per heavy atom. The Labute approximate surface area is 131 Å². The van der Waals surface area contributed by atoms with Gasteiger partial charge in [-0.15, -0.1) is 0 Å². The maximum Gasteiger partial charge on any atom is 0.308 e. The number of rotatable bonds is 9. The van der Waals surface area contributed by atoms with E-state index in [9.17, 15) is 9.59 Å². The molecule has 0 radical (unpaired) electrons. The molecular weight excluding hydrogens is 282 g/mol. The summed E-state index contributed by atoms with van der Waals surface area (Å²) in [6, 6.07) is 7.72. The molecule has 1 amide bonds. The second kappa shape index (κ2) is 9.20. The first-order valence-electron chi connectivity index (χ1n) is 7.60. The third kappa shape index (κ3) is 5.48. The second-order valence-corrected chi connectivity index (χ2v) is 5.45. The van der Waals surface area contributed by atoms with Gasteiger partial charge in [-0.1, -0.05) is 32.4 Å². The summed E-state index contributed by atoms with van der Waals surface area (Å²) in [5, 5.41) is 9.06. The molecule has 1 N–H and O–H groups in total. The second-order valence-electron chi connectivity index (χ2n) is 5.45. The molecule has 0 saturated carbocycles. The number of ether oxygens (including phenoxy) is 1. The molecular formula is C17H25NO4. The van der Waals surface area contributed by atoms with Gasteiger partial charge in [-0.25, -0.2) is 0 Å². The monoisotopic (exact) mass is 307 g/mol. The van der Waals surface area contributed by atoms with Crippen LogP contribution in [0.3, 0.4) is 0 Å². The largest absolute Gasteiger partial charge is 0.481 e. The third-order valence-corrected chi connectivity index (χ3v) is 3.51. The molecule has 1 unspecified atom stereocenters. The molecule has 1 atom stereocenters. The van der Waals surface area contributed by atoms with Crippen LogP contribution in [0.25, 0.3) is 0 Å². The fraction of sp³-hybridized carbons (Fsp3) is 0.529. The van der Waals surface area contributed by atoms with Crippen molar-refractivity contribution in [3.05, 3.63) is 29.8 Å². The number of carbonyl (C=O) groups is 2. The van der Waals surface area contributed by atoms with Crippen LogP contribution in [0, 0.1) is 5.92 Å². The molecule has 1 aromatic carbocycles. The van der Waals surface area contributed by atoms with E-state index in [0.29, 0.717) is 5.69 Å². The van der Waals surface area contributed by atoms with Gasteiger partial charge in [-0.2, -0.15) is 0 Å². The number of methoxy groups -OCH3 is 1. The first-order valence-corrected chi connectivity index (χ1v) is 7.60. The van der Waals surface area contributed by atoms with Crippen molar-refractivity contribution in [2.75, 3.05) is 25.2 Å². The van der Waals surface area contributed by atoms with E-state index in [1.54, 1.807) is 6.92 Å². The van der Waals surface area contributed by atoms with Gasteiger partial charge in [0.25, 0.3) is 5.91 Å². The van der Waals surface area contributed by atoms with Crippen LogP contribution in [0.4, 0.5) is 5.69 Å². The predicted octanol–water partition coefficient (Wildman–Crippen LogP) is 2.73. The van der Waals surface area contributed by atoms with E-state index in [2.05, 4.69) is 6.92 Å². The predicted molar refractivity (Wildman–Crippen MR) is 86.1 cm³/mol. The van der Waals surface area contributed by atoms with Gasteiger partial charge in [-0.3, -0.25) is 9.59 Å². The van der Waals surface area contributed by atoms with Crippen molar-refractivity contribution < 1.29 is 19.4 Å². The zero-order chi connectivity index (χ0) is 16.5. The summed E-state index contributed by atoms with van der Waals surface area (Å²) in [7, 11) is 1.45. The van der Waals surface area contributed by atoms with Crippen molar-refractivity contribution in [2.24, 2.45) is 5.92 Å². The maximum absolute atomic E-state index is 12.2. The van der Waals surface area contributed by atoms with Crippen molar-refractivity contribution in [3.63, 3.8) is 0 Å². The number of carbonyl (C=O) groups excluding carboxylic acids is 1. The highest BCUT2D eigenvalue weighted by molar-refractivity contribution is 5.94. The van der Waals surface area contributed by atoms with E-state index in [1.807, 2.05) is 24.3 Å². The summed E-state index contributed by atoms with van der Waals surface area (Å²) in [6.07, 6.45) is 3.27. The summed E-state index contributed by atoms with van der Waals surface area (Å²) >= 11 is 0. The molecule has 0 bridgehead atoms. The van der Waals surface area contributed by atoms with Crippen LogP contribution >= 0.6 is 0 Å². The van der Waals surface area contributed by atoms with Gasteiger partial charge in [0.15, 0.2) is 0 Å². The summed E-state index contributed by atoms with van der Waals surface area (Å²) in [4.78, 5) is 24.7. The fourth-order valence-electron chi connectivity index (χ4n) is 2.13. The highest BCUT2D eigenvalue weighted by Gasteiger charge is 2.21. The molecule has 0 spiro atoms. The van der Waals surface area contributed by atoms with E-state index in [4.69, 9.17) is 9.84 Å². The van der Waals surface area contributed by atoms with Crippen LogP contribution in [-0.2, 0) is 20.7 Å². The van der Waals surface area contributed by atoms with Gasteiger partial charge in [0.1, 0.15) is 6.61 Å². The van der Waals surface area contributed by atoms with Crippen LogP contribution < -0.4 is 4.90 Å². The van der Waals surface area contributed by atoms with Gasteiger partial charge >= 0.3 is 5.97 Å². The number of carboxylic acid groups (broad SMARTS) is 1. The van der Waals surface area contributed by atoms with E-state index in [-0.39, 0.29) is 19.1 Å². The average Bonchev–Trinajstić information content (AvgIpc) is 2.51. The Bertz CT molecular complexity index is 484. The average molecular weight is 307 g/mol. The lowest BCUT2D eigenvalue weighted by Gasteiger charge is -2.24. The SMILES string of the molecule is CCCCc1ccc(N(CC(C)C(=O)O)C(=O)COC)cc1. The number of carboxylic acids is 1. The van der Waals surface area contributed by atoms with Crippen molar-refractivity contribution in [3.8, 4) is 0 Å². The van der Waals surface area contributed by atoms with E-state index >= 15 is 0 Å². The molecule has 0 saturated heterocycles. The first-order chi connectivity index (χ1) is 10.5. The number of aliphatic carboxylic acids is 1. The van der Waals surface area contributed by atoms with E-state index in [0.717, 1.165) is 19.3 Å². The van der Waals surface area contributed by atoms with Gasteiger partial charge in [-0.05, 0) is 30.5 Å². The molecule has 5 nitrogen and oxygen atoms in total. The maximum atomic E-state index is 12.2. The Kier molecular flexibility index (Phi) is 7.60. The minimum atomic E-state index is -0.921. The van der Waals surface area contributed by atoms with Crippen LogP contribution in [-0.4, -0.2) is 37.2 Å². The lowest BCUT2D eigenvalue weighted by atomic mass is 10.1. The number of aryl methyl sites for hydroxylation is 1. The first kappa shape index (κ1) is 18.2. The van der Waals surface area contributed by atoms with E-state index < -0.39 is 11.9 Å². The van der Waals surface area contributed by atoms with Gasteiger partial charge in [0.05, 0.1) is 5.92 Å². The summed E-state index contributed by atoms with van der Waals surface area (Å²) in [5.74, 6) is -1.80. The summed E-state index contributed by atoms with van der Waals surface area (Å²) in [5.41, 5.74) is 1.92. The molecule has 0 aliphatic rings. The number of benzene rings is 1. The zero-order valence-electron chi connectivity index (χ0n) is 13.5. The van der Waals surface area contributed by atoms with Crippen LogP contribution in [0.5, 0.6) is 0 Å². The quantitative estimate of drug-likeness (QED) is 0.762. The standard InChI is InChI=1S/C17H25NO4/c1-4-5-6-14-7-9-15(10-8-14)18(16(19)12-22-3)11-13(2)17(20)21/h7-10,13H,4-6,11-12H2,1-3H3,(H,20,21). The zero-order valence-corrected chi connectivity index (χ0v) is 13.5. The molecule has 122 valence electrons. The highest BCUT2D eigenvalue weighted by Crippen LogP contribution is 2.18. The molecule has 22 heavy (non-hydrogen) atoms. The Morgan fingerprint density at radius 3 is 2.41 bits per heavy atom. The molecule has 0 aromatic heterocycles. The van der Waals surface area contributed by atoms with Gasteiger partial charge in [0, 0.05) is 19.3 Å². The van der Waals surface area contributed by atoms with Gasteiger partial charge < -0.3 is 14.7 Å². The van der Waals surface area contributed by atoms with E-state index in [1.165, 1.54) is 17.6 Å². The lowest BCUT2D eigenvalue weighted by Crippen LogP contribution is -2.39. The number of unbranched alkanes of at least 4 members (excludes halogenated alkanes) is 1. The number of amides is 1. The number of hydrogen-bond acceptors (Lipinski definition) is 3. The van der Waals surface area contributed by atoms with Crippen molar-refractivity contribution in [1.29, 1.82) is 0 Å². The van der Waals surface area contributed by atoms with Crippen LogP contribution in [0.1, 0.15) is 32.3 Å². The van der Waals surface area contributed by atoms with Crippen molar-refractivity contribution in [2.45, 2.75) is 33.1 Å². The highest BCUT2D eigenvalue weighted by atomic mass is 16.5. The fourth-order valence-corrected chi connectivity index (χ4v) is 2.13. The normalized spacial score (nSPS) is 12.0. The molecule has 1 rings (SSSR count). The minimum Gasteiger partial charge on any atom is -0.481 e.